The Morgan fingerprint density at radius 1 is 1.23 bits per heavy atom. The number of amides is 1. The van der Waals surface area contributed by atoms with Crippen LogP contribution in [0.2, 0.25) is 5.02 Å². The van der Waals surface area contributed by atoms with E-state index in [4.69, 9.17) is 16.1 Å². The van der Waals surface area contributed by atoms with E-state index in [1.54, 1.807) is 30.6 Å². The van der Waals surface area contributed by atoms with Gasteiger partial charge in [-0.15, -0.1) is 0 Å². The minimum atomic E-state index is -0.151. The van der Waals surface area contributed by atoms with Crippen molar-refractivity contribution < 1.29 is 9.32 Å². The van der Waals surface area contributed by atoms with Gasteiger partial charge in [0.25, 0.3) is 0 Å². The van der Waals surface area contributed by atoms with E-state index in [9.17, 15) is 4.79 Å². The second kappa shape index (κ2) is 7.97. The second-order valence-electron chi connectivity index (χ2n) is 5.86. The van der Waals surface area contributed by atoms with Crippen molar-refractivity contribution in [3.8, 4) is 11.4 Å². The molecule has 0 bridgehead atoms. The molecule has 0 aliphatic carbocycles. The van der Waals surface area contributed by atoms with Crippen molar-refractivity contribution in [1.29, 1.82) is 0 Å². The van der Waals surface area contributed by atoms with Gasteiger partial charge >= 0.3 is 0 Å². The molecule has 0 aliphatic rings. The number of halogens is 1. The van der Waals surface area contributed by atoms with Crippen molar-refractivity contribution in [3.05, 3.63) is 53.6 Å². The highest BCUT2D eigenvalue weighted by molar-refractivity contribution is 6.33. The van der Waals surface area contributed by atoms with Crippen LogP contribution in [-0.2, 0) is 11.2 Å². The number of pyridine rings is 1. The van der Waals surface area contributed by atoms with E-state index in [0.29, 0.717) is 28.8 Å². The summed E-state index contributed by atoms with van der Waals surface area (Å²) in [5, 5.41) is 7.31. The van der Waals surface area contributed by atoms with Gasteiger partial charge in [0.2, 0.25) is 17.6 Å². The molecule has 0 radical (unpaired) electrons. The third-order valence-corrected chi connectivity index (χ3v) is 3.99. The maximum absolute atomic E-state index is 12.1. The Kier molecular flexibility index (Phi) is 5.48. The van der Waals surface area contributed by atoms with Crippen LogP contribution in [0.4, 0.5) is 11.4 Å². The molecule has 0 atom stereocenters. The average molecular weight is 372 g/mol. The summed E-state index contributed by atoms with van der Waals surface area (Å²) in [6, 6.07) is 8.98. The molecule has 0 aliphatic heterocycles. The molecular weight excluding hydrogens is 354 g/mol. The van der Waals surface area contributed by atoms with Crippen molar-refractivity contribution >= 4 is 28.9 Å². The molecule has 8 heteroatoms. The number of anilines is 2. The standard InChI is InChI=1S/C18H18ClN5O2/c1-24(2)15-4-3-13(11-14(15)19)21-16(25)5-6-17-22-18(23-26-17)12-7-9-20-10-8-12/h3-4,7-11H,5-6H2,1-2H3,(H,21,25). The number of rotatable bonds is 6. The van der Waals surface area contributed by atoms with E-state index >= 15 is 0 Å². The molecule has 3 rings (SSSR count). The molecule has 7 nitrogen and oxygen atoms in total. The molecule has 0 unspecified atom stereocenters. The number of hydrogen-bond acceptors (Lipinski definition) is 6. The predicted molar refractivity (Wildman–Crippen MR) is 100 cm³/mol. The SMILES string of the molecule is CN(C)c1ccc(NC(=O)CCc2nc(-c3ccncc3)no2)cc1Cl. The van der Waals surface area contributed by atoms with Gasteiger partial charge in [-0.2, -0.15) is 4.98 Å². The van der Waals surface area contributed by atoms with Crippen LogP contribution in [-0.4, -0.2) is 35.1 Å². The Morgan fingerprint density at radius 2 is 2.00 bits per heavy atom. The first-order valence-electron chi connectivity index (χ1n) is 8.02. The molecule has 2 aromatic heterocycles. The lowest BCUT2D eigenvalue weighted by Gasteiger charge is -2.15. The van der Waals surface area contributed by atoms with Crippen molar-refractivity contribution in [3.63, 3.8) is 0 Å². The monoisotopic (exact) mass is 371 g/mol. The van der Waals surface area contributed by atoms with Crippen molar-refractivity contribution in [2.75, 3.05) is 24.3 Å². The summed E-state index contributed by atoms with van der Waals surface area (Å²) in [5.74, 6) is 0.740. The van der Waals surface area contributed by atoms with Gasteiger partial charge in [0.15, 0.2) is 0 Å². The number of carbonyl (C=O) groups is 1. The van der Waals surface area contributed by atoms with Gasteiger partial charge in [-0.05, 0) is 30.3 Å². The van der Waals surface area contributed by atoms with Crippen LogP contribution in [0.25, 0.3) is 11.4 Å². The molecule has 2 heterocycles. The van der Waals surface area contributed by atoms with Gasteiger partial charge in [0.1, 0.15) is 0 Å². The summed E-state index contributed by atoms with van der Waals surface area (Å²) >= 11 is 6.21. The third-order valence-electron chi connectivity index (χ3n) is 3.69. The molecule has 0 saturated heterocycles. The summed E-state index contributed by atoms with van der Waals surface area (Å²) in [6.07, 6.45) is 3.90. The lowest BCUT2D eigenvalue weighted by molar-refractivity contribution is -0.116. The van der Waals surface area contributed by atoms with Gasteiger partial charge < -0.3 is 14.7 Å². The highest BCUT2D eigenvalue weighted by atomic mass is 35.5. The Bertz CT molecular complexity index is 896. The lowest BCUT2D eigenvalue weighted by Crippen LogP contribution is -2.13. The molecule has 3 aromatic rings. The molecule has 0 spiro atoms. The summed E-state index contributed by atoms with van der Waals surface area (Å²) in [5.41, 5.74) is 2.35. The zero-order chi connectivity index (χ0) is 18.5. The summed E-state index contributed by atoms with van der Waals surface area (Å²) < 4.78 is 5.19. The van der Waals surface area contributed by atoms with Gasteiger partial charge in [0.05, 0.1) is 10.7 Å². The second-order valence-corrected chi connectivity index (χ2v) is 6.26. The molecule has 1 aromatic carbocycles. The van der Waals surface area contributed by atoms with Crippen LogP contribution >= 0.6 is 11.6 Å². The third kappa shape index (κ3) is 4.37. The fraction of sp³-hybridized carbons (Fsp3) is 0.222. The van der Waals surface area contributed by atoms with E-state index < -0.39 is 0 Å². The Morgan fingerprint density at radius 3 is 2.69 bits per heavy atom. The smallest absolute Gasteiger partial charge is 0.227 e. The lowest BCUT2D eigenvalue weighted by atomic mass is 10.2. The van der Waals surface area contributed by atoms with Crippen LogP contribution < -0.4 is 10.2 Å². The zero-order valence-corrected chi connectivity index (χ0v) is 15.2. The van der Waals surface area contributed by atoms with Gasteiger partial charge in [-0.25, -0.2) is 0 Å². The van der Waals surface area contributed by atoms with Crippen molar-refractivity contribution in [2.24, 2.45) is 0 Å². The summed E-state index contributed by atoms with van der Waals surface area (Å²) in [6.45, 7) is 0. The zero-order valence-electron chi connectivity index (χ0n) is 14.4. The molecule has 134 valence electrons. The first-order valence-corrected chi connectivity index (χ1v) is 8.40. The molecule has 1 amide bonds. The average Bonchev–Trinajstić information content (AvgIpc) is 3.09. The minimum Gasteiger partial charge on any atom is -0.376 e. The number of hydrogen-bond donors (Lipinski definition) is 1. The predicted octanol–water partition coefficient (Wildman–Crippen LogP) is 3.42. The fourth-order valence-corrected chi connectivity index (χ4v) is 2.72. The normalized spacial score (nSPS) is 10.6. The van der Waals surface area contributed by atoms with Crippen LogP contribution in [0.5, 0.6) is 0 Å². The topological polar surface area (TPSA) is 84.2 Å². The molecule has 0 fully saturated rings. The van der Waals surface area contributed by atoms with Gasteiger partial charge in [0, 0.05) is 50.6 Å². The van der Waals surface area contributed by atoms with E-state index in [1.807, 2.05) is 31.1 Å². The fourth-order valence-electron chi connectivity index (χ4n) is 2.37. The van der Waals surface area contributed by atoms with Crippen LogP contribution in [0, 0.1) is 0 Å². The van der Waals surface area contributed by atoms with E-state index in [1.165, 1.54) is 0 Å². The number of nitrogens with zero attached hydrogens (tertiary/aromatic N) is 4. The minimum absolute atomic E-state index is 0.151. The van der Waals surface area contributed by atoms with Gasteiger partial charge in [-0.1, -0.05) is 16.8 Å². The molecular formula is C18H18ClN5O2. The number of aryl methyl sites for hydroxylation is 1. The molecule has 1 N–H and O–H groups in total. The highest BCUT2D eigenvalue weighted by Crippen LogP contribution is 2.27. The Balaban J connectivity index is 1.56. The Labute approximate surface area is 156 Å². The first kappa shape index (κ1) is 17.9. The summed E-state index contributed by atoms with van der Waals surface area (Å²) in [7, 11) is 3.81. The van der Waals surface area contributed by atoms with Crippen molar-refractivity contribution in [2.45, 2.75) is 12.8 Å². The summed E-state index contributed by atoms with van der Waals surface area (Å²) in [4.78, 5) is 22.3. The maximum atomic E-state index is 12.1. The van der Waals surface area contributed by atoms with Gasteiger partial charge in [-0.3, -0.25) is 9.78 Å². The molecule has 0 saturated carbocycles. The van der Waals surface area contributed by atoms with E-state index in [2.05, 4.69) is 20.4 Å². The van der Waals surface area contributed by atoms with E-state index in [-0.39, 0.29) is 12.3 Å². The Hall–Kier alpha value is -2.93. The maximum Gasteiger partial charge on any atom is 0.227 e. The number of carbonyl (C=O) groups excluding carboxylic acids is 1. The number of aromatic nitrogens is 3. The van der Waals surface area contributed by atoms with Crippen LogP contribution in [0.3, 0.4) is 0 Å². The van der Waals surface area contributed by atoms with E-state index in [0.717, 1.165) is 11.3 Å². The van der Waals surface area contributed by atoms with Crippen LogP contribution in [0.15, 0.2) is 47.2 Å². The van der Waals surface area contributed by atoms with Crippen molar-refractivity contribution in [1.82, 2.24) is 15.1 Å². The number of benzene rings is 1. The quantitative estimate of drug-likeness (QED) is 0.714. The highest BCUT2D eigenvalue weighted by Gasteiger charge is 2.11. The molecule has 26 heavy (non-hydrogen) atoms. The van der Waals surface area contributed by atoms with Crippen LogP contribution in [0.1, 0.15) is 12.3 Å². The number of nitrogens with one attached hydrogen (secondary N) is 1. The largest absolute Gasteiger partial charge is 0.376 e. The first-order chi connectivity index (χ1) is 12.5.